The fraction of sp³-hybridized carbons (Fsp3) is 0.643. The Balaban J connectivity index is 1.74. The Labute approximate surface area is 117 Å². The van der Waals surface area contributed by atoms with Gasteiger partial charge in [-0.25, -0.2) is 0 Å². The molecule has 2 nitrogen and oxygen atoms in total. The lowest BCUT2D eigenvalue weighted by Crippen LogP contribution is -2.38. The number of rotatable bonds is 1. The van der Waals surface area contributed by atoms with Crippen molar-refractivity contribution in [2.45, 2.75) is 43.9 Å². The molecule has 1 aromatic rings. The van der Waals surface area contributed by atoms with Gasteiger partial charge >= 0.3 is 0 Å². The van der Waals surface area contributed by atoms with Crippen molar-refractivity contribution in [2.24, 2.45) is 0 Å². The predicted octanol–water partition coefficient (Wildman–Crippen LogP) is 3.47. The number of nitrogens with zero attached hydrogens (tertiary/aromatic N) is 1. The van der Waals surface area contributed by atoms with Gasteiger partial charge in [-0.2, -0.15) is 0 Å². The van der Waals surface area contributed by atoms with E-state index in [4.69, 9.17) is 11.6 Å². The van der Waals surface area contributed by atoms with E-state index in [9.17, 15) is 4.79 Å². The minimum atomic E-state index is 0.220. The van der Waals surface area contributed by atoms with Crippen LogP contribution < -0.4 is 0 Å². The second kappa shape index (κ2) is 5.22. The number of likely N-dealkylation sites (tertiary alicyclic amines) is 1. The molecule has 1 saturated heterocycles. The van der Waals surface area contributed by atoms with Gasteiger partial charge in [-0.15, -0.1) is 22.9 Å². The summed E-state index contributed by atoms with van der Waals surface area (Å²) < 4.78 is 0. The van der Waals surface area contributed by atoms with Gasteiger partial charge in [-0.1, -0.05) is 0 Å². The SMILES string of the molecule is O=C(c1cc2c(s1)CCCC2)N1CCC(Cl)CC1. The quantitative estimate of drug-likeness (QED) is 0.723. The average Bonchev–Trinajstić information content (AvgIpc) is 2.82. The zero-order valence-corrected chi connectivity index (χ0v) is 12.0. The molecule has 4 heteroatoms. The van der Waals surface area contributed by atoms with Gasteiger partial charge in [-0.3, -0.25) is 4.79 Å². The van der Waals surface area contributed by atoms with E-state index in [0.29, 0.717) is 0 Å². The second-order valence-electron chi connectivity index (χ2n) is 5.23. The molecule has 1 amide bonds. The number of fused-ring (bicyclic) bond motifs is 1. The van der Waals surface area contributed by atoms with E-state index in [0.717, 1.165) is 43.6 Å². The van der Waals surface area contributed by atoms with E-state index in [-0.39, 0.29) is 11.3 Å². The smallest absolute Gasteiger partial charge is 0.263 e. The first kappa shape index (κ1) is 12.5. The topological polar surface area (TPSA) is 20.3 Å². The minimum absolute atomic E-state index is 0.220. The number of thiophene rings is 1. The number of alkyl halides is 1. The van der Waals surface area contributed by atoms with Crippen molar-refractivity contribution in [3.63, 3.8) is 0 Å². The summed E-state index contributed by atoms with van der Waals surface area (Å²) in [6.45, 7) is 1.63. The van der Waals surface area contributed by atoms with Crippen molar-refractivity contribution < 1.29 is 4.79 Å². The molecule has 1 fully saturated rings. The average molecular weight is 284 g/mol. The Morgan fingerprint density at radius 1 is 1.28 bits per heavy atom. The Morgan fingerprint density at radius 3 is 2.72 bits per heavy atom. The van der Waals surface area contributed by atoms with Gasteiger partial charge in [0.1, 0.15) is 0 Å². The zero-order chi connectivity index (χ0) is 12.5. The van der Waals surface area contributed by atoms with Crippen LogP contribution in [-0.2, 0) is 12.8 Å². The summed E-state index contributed by atoms with van der Waals surface area (Å²) >= 11 is 7.79. The predicted molar refractivity (Wildman–Crippen MR) is 75.7 cm³/mol. The van der Waals surface area contributed by atoms with Crippen molar-refractivity contribution in [3.05, 3.63) is 21.4 Å². The molecule has 0 atom stereocenters. The maximum atomic E-state index is 12.4. The molecular weight excluding hydrogens is 266 g/mol. The number of aryl methyl sites for hydroxylation is 2. The first-order valence-electron chi connectivity index (χ1n) is 6.79. The third-order valence-electron chi connectivity index (χ3n) is 3.92. The molecule has 0 radical (unpaired) electrons. The summed E-state index contributed by atoms with van der Waals surface area (Å²) in [6.07, 6.45) is 6.73. The largest absolute Gasteiger partial charge is 0.338 e. The zero-order valence-electron chi connectivity index (χ0n) is 10.5. The summed E-state index contributed by atoms with van der Waals surface area (Å²) in [5.41, 5.74) is 1.42. The number of carbonyl (C=O) groups excluding carboxylic acids is 1. The molecule has 3 rings (SSSR count). The van der Waals surface area contributed by atoms with Crippen molar-refractivity contribution in [3.8, 4) is 0 Å². The van der Waals surface area contributed by atoms with Crippen LogP contribution in [0.5, 0.6) is 0 Å². The summed E-state index contributed by atoms with van der Waals surface area (Å²) in [5, 5.41) is 0.255. The normalized spacial score (nSPS) is 20.8. The molecule has 0 N–H and O–H groups in total. The van der Waals surface area contributed by atoms with Crippen molar-refractivity contribution >= 4 is 28.8 Å². The second-order valence-corrected chi connectivity index (χ2v) is 6.99. The van der Waals surface area contributed by atoms with E-state index in [1.165, 1.54) is 23.3 Å². The monoisotopic (exact) mass is 283 g/mol. The lowest BCUT2D eigenvalue weighted by atomic mass is 9.99. The maximum absolute atomic E-state index is 12.4. The Bertz CT molecular complexity index is 425. The summed E-state index contributed by atoms with van der Waals surface area (Å²) in [4.78, 5) is 16.8. The molecule has 0 spiro atoms. The van der Waals surface area contributed by atoms with Crippen LogP contribution in [0.15, 0.2) is 6.07 Å². The Kier molecular flexibility index (Phi) is 3.62. The van der Waals surface area contributed by atoms with E-state index >= 15 is 0 Å². The minimum Gasteiger partial charge on any atom is -0.338 e. The Hall–Kier alpha value is -0.540. The lowest BCUT2D eigenvalue weighted by Gasteiger charge is -2.28. The molecule has 0 bridgehead atoms. The van der Waals surface area contributed by atoms with Crippen LogP contribution in [-0.4, -0.2) is 29.3 Å². The highest BCUT2D eigenvalue weighted by Gasteiger charge is 2.25. The van der Waals surface area contributed by atoms with Gasteiger partial charge in [0, 0.05) is 23.3 Å². The van der Waals surface area contributed by atoms with E-state index < -0.39 is 0 Å². The van der Waals surface area contributed by atoms with Crippen LogP contribution in [0.1, 0.15) is 45.8 Å². The van der Waals surface area contributed by atoms with Crippen molar-refractivity contribution in [1.82, 2.24) is 4.90 Å². The van der Waals surface area contributed by atoms with Crippen molar-refractivity contribution in [1.29, 1.82) is 0 Å². The summed E-state index contributed by atoms with van der Waals surface area (Å²) in [5.74, 6) is 0.220. The van der Waals surface area contributed by atoms with Crippen LogP contribution >= 0.6 is 22.9 Å². The van der Waals surface area contributed by atoms with Crippen LogP contribution in [0.3, 0.4) is 0 Å². The van der Waals surface area contributed by atoms with E-state index in [1.54, 1.807) is 11.3 Å². The molecule has 1 aliphatic carbocycles. The van der Waals surface area contributed by atoms with Crippen LogP contribution in [0, 0.1) is 0 Å². The highest BCUT2D eigenvalue weighted by atomic mass is 35.5. The fourth-order valence-electron chi connectivity index (χ4n) is 2.80. The van der Waals surface area contributed by atoms with Gasteiger partial charge in [0.2, 0.25) is 0 Å². The Morgan fingerprint density at radius 2 is 2.00 bits per heavy atom. The highest BCUT2D eigenvalue weighted by molar-refractivity contribution is 7.14. The van der Waals surface area contributed by atoms with Crippen LogP contribution in [0.2, 0.25) is 0 Å². The van der Waals surface area contributed by atoms with E-state index in [1.807, 2.05) is 4.90 Å². The molecule has 1 aromatic heterocycles. The number of piperidine rings is 1. The van der Waals surface area contributed by atoms with E-state index in [2.05, 4.69) is 6.07 Å². The van der Waals surface area contributed by atoms with Gasteiger partial charge < -0.3 is 4.90 Å². The van der Waals surface area contributed by atoms with Gasteiger partial charge in [0.05, 0.1) is 4.88 Å². The molecule has 2 heterocycles. The molecule has 2 aliphatic rings. The number of halogens is 1. The fourth-order valence-corrected chi connectivity index (χ4v) is 4.22. The van der Waals surface area contributed by atoms with Gasteiger partial charge in [0.15, 0.2) is 0 Å². The third kappa shape index (κ3) is 2.43. The van der Waals surface area contributed by atoms with Gasteiger partial charge in [0.25, 0.3) is 5.91 Å². The molecule has 0 aromatic carbocycles. The molecule has 0 unspecified atom stereocenters. The van der Waals surface area contributed by atoms with Crippen molar-refractivity contribution in [2.75, 3.05) is 13.1 Å². The standard InChI is InChI=1S/C14H18ClNOS/c15-11-5-7-16(8-6-11)14(17)13-9-10-3-1-2-4-12(10)18-13/h9,11H,1-8H2. The van der Waals surface area contributed by atoms with Gasteiger partial charge in [-0.05, 0) is 50.2 Å². The first-order valence-corrected chi connectivity index (χ1v) is 8.04. The number of hydrogen-bond donors (Lipinski definition) is 0. The van der Waals surface area contributed by atoms with Crippen LogP contribution in [0.4, 0.5) is 0 Å². The lowest BCUT2D eigenvalue weighted by molar-refractivity contribution is 0.0731. The third-order valence-corrected chi connectivity index (χ3v) is 5.58. The summed E-state index contributed by atoms with van der Waals surface area (Å²) in [6, 6.07) is 2.13. The molecule has 0 saturated carbocycles. The number of carbonyl (C=O) groups is 1. The van der Waals surface area contributed by atoms with Crippen LogP contribution in [0.25, 0.3) is 0 Å². The molecular formula is C14H18ClNOS. The molecule has 98 valence electrons. The highest BCUT2D eigenvalue weighted by Crippen LogP contribution is 2.31. The molecule has 1 aliphatic heterocycles. The molecule has 18 heavy (non-hydrogen) atoms. The number of hydrogen-bond acceptors (Lipinski definition) is 2. The maximum Gasteiger partial charge on any atom is 0.263 e. The first-order chi connectivity index (χ1) is 8.74. The number of amides is 1. The summed E-state index contributed by atoms with van der Waals surface area (Å²) in [7, 11) is 0.